The predicted molar refractivity (Wildman–Crippen MR) is 102 cm³/mol. The van der Waals surface area contributed by atoms with Crippen molar-refractivity contribution in [1.82, 2.24) is 0 Å². The van der Waals surface area contributed by atoms with E-state index in [0.717, 1.165) is 6.42 Å². The van der Waals surface area contributed by atoms with Crippen LogP contribution in [-0.4, -0.2) is 5.43 Å². The van der Waals surface area contributed by atoms with Crippen LogP contribution in [0.2, 0.25) is 12.1 Å². The fraction of sp³-hybridized carbons (Fsp3) is 0.227. The molecule has 0 aliphatic heterocycles. The molecule has 0 fully saturated rings. The third-order valence-electron chi connectivity index (χ3n) is 4.03. The van der Waals surface area contributed by atoms with Crippen LogP contribution in [-0.2, 0) is 29.8 Å². The normalized spacial score (nSPS) is 9.69. The fourth-order valence-electron chi connectivity index (χ4n) is 2.57. The largest absolute Gasteiger partial charge is 1.00 e. The number of benzene rings is 2. The Morgan fingerprint density at radius 2 is 1.54 bits per heavy atom. The second-order valence-corrected chi connectivity index (χ2v) is 13.5. The molecule has 0 saturated carbocycles. The van der Waals surface area contributed by atoms with Crippen molar-refractivity contribution in [2.45, 2.75) is 32.4 Å². The molecule has 0 nitrogen and oxygen atoms in total. The first kappa shape index (κ1) is 25.5. The Balaban J connectivity index is 0.000000410. The summed E-state index contributed by atoms with van der Waals surface area (Å²) in [6, 6.07) is 31.1. The van der Waals surface area contributed by atoms with E-state index in [-0.39, 0.29) is 30.2 Å². The van der Waals surface area contributed by atoms with Crippen LogP contribution in [0.5, 0.6) is 0 Å². The summed E-state index contributed by atoms with van der Waals surface area (Å²) < 4.78 is 0. The monoisotopic (exact) mass is 476 g/mol. The Labute approximate surface area is 186 Å². The SMILES string of the molecule is CC[Si](=[Zr+2])CC.[Cl-].[Cl-].[c-]1cccc2c1Cc1ccccc1-2.c1cc[cH-]c1. The van der Waals surface area contributed by atoms with Crippen LogP contribution < -0.4 is 24.8 Å². The molecular weight excluding hydrogens is 454 g/mol. The van der Waals surface area contributed by atoms with Crippen molar-refractivity contribution in [3.8, 4) is 11.1 Å². The Kier molecular flexibility index (Phi) is 14.2. The quantitative estimate of drug-likeness (QED) is 0.282. The summed E-state index contributed by atoms with van der Waals surface area (Å²) in [5.41, 5.74) is 5.73. The number of hydrogen-bond donors (Lipinski definition) is 0. The van der Waals surface area contributed by atoms with E-state index in [0.29, 0.717) is 0 Å². The van der Waals surface area contributed by atoms with Gasteiger partial charge in [-0.3, -0.25) is 0 Å². The van der Waals surface area contributed by atoms with Crippen molar-refractivity contribution in [3.63, 3.8) is 0 Å². The van der Waals surface area contributed by atoms with E-state index in [1.165, 1.54) is 34.3 Å². The molecule has 4 heteroatoms. The van der Waals surface area contributed by atoms with Gasteiger partial charge in [0.2, 0.25) is 0 Å². The molecule has 0 unspecified atom stereocenters. The number of hydrogen-bond acceptors (Lipinski definition) is 0. The smallest absolute Gasteiger partial charge is 0.0253 e. The fourth-order valence-corrected chi connectivity index (χ4v) is 3.07. The van der Waals surface area contributed by atoms with Gasteiger partial charge in [-0.15, -0.1) is 5.56 Å². The van der Waals surface area contributed by atoms with Crippen LogP contribution >= 0.6 is 0 Å². The Morgan fingerprint density at radius 1 is 0.923 bits per heavy atom. The van der Waals surface area contributed by atoms with Gasteiger partial charge in [0.25, 0.3) is 0 Å². The van der Waals surface area contributed by atoms with Gasteiger partial charge in [0, 0.05) is 0 Å². The second kappa shape index (κ2) is 14.5. The first-order valence-corrected chi connectivity index (χ1v) is 14.2. The van der Waals surface area contributed by atoms with Gasteiger partial charge in [-0.1, -0.05) is 35.4 Å². The van der Waals surface area contributed by atoms with E-state index in [1.807, 2.05) is 36.4 Å². The Hall–Kier alpha value is -0.530. The van der Waals surface area contributed by atoms with E-state index < -0.39 is 0 Å². The molecule has 3 aromatic carbocycles. The van der Waals surface area contributed by atoms with Crippen molar-refractivity contribution < 1.29 is 48.1 Å². The summed E-state index contributed by atoms with van der Waals surface area (Å²) in [7, 11) is 0. The van der Waals surface area contributed by atoms with E-state index in [4.69, 9.17) is 0 Å². The van der Waals surface area contributed by atoms with Crippen LogP contribution in [0.3, 0.4) is 0 Å². The summed E-state index contributed by atoms with van der Waals surface area (Å²) in [5.74, 6) is 0. The van der Waals surface area contributed by atoms with Gasteiger partial charge in [-0.05, 0) is 6.42 Å². The zero-order valence-corrected chi connectivity index (χ0v) is 20.3. The van der Waals surface area contributed by atoms with Gasteiger partial charge in [-0.2, -0.15) is 48.0 Å². The molecule has 136 valence electrons. The average molecular weight is 479 g/mol. The first-order valence-electron chi connectivity index (χ1n) is 8.57. The molecule has 0 amide bonds. The second-order valence-electron chi connectivity index (χ2n) is 5.67. The summed E-state index contributed by atoms with van der Waals surface area (Å²) in [4.78, 5) is 0. The summed E-state index contributed by atoms with van der Waals surface area (Å²) in [5, 5.41) is 0. The molecule has 0 heterocycles. The van der Waals surface area contributed by atoms with E-state index in [1.54, 1.807) is 23.3 Å². The van der Waals surface area contributed by atoms with Gasteiger partial charge in [-0.25, -0.2) is 12.1 Å². The molecule has 1 aliphatic rings. The van der Waals surface area contributed by atoms with Crippen LogP contribution in [0, 0.1) is 6.07 Å². The zero-order valence-electron chi connectivity index (χ0n) is 15.3. The third-order valence-corrected chi connectivity index (χ3v) is 10.9. The van der Waals surface area contributed by atoms with Crippen molar-refractivity contribution in [1.29, 1.82) is 0 Å². The summed E-state index contributed by atoms with van der Waals surface area (Å²) >= 11 is 1.80. The number of rotatable bonds is 2. The van der Waals surface area contributed by atoms with Gasteiger partial charge in [0.05, 0.1) is 0 Å². The molecule has 4 rings (SSSR count). The molecular formula is C22H24Cl2SiZr-2. The molecule has 0 bridgehead atoms. The van der Waals surface area contributed by atoms with Crippen molar-refractivity contribution in [3.05, 3.63) is 90.0 Å². The molecule has 26 heavy (non-hydrogen) atoms. The molecule has 0 spiro atoms. The first-order chi connectivity index (χ1) is 11.8. The molecule has 0 aromatic heterocycles. The molecule has 0 N–H and O–H groups in total. The van der Waals surface area contributed by atoms with Crippen molar-refractivity contribution in [2.75, 3.05) is 0 Å². The van der Waals surface area contributed by atoms with E-state index in [2.05, 4.69) is 56.3 Å². The maximum absolute atomic E-state index is 3.30. The van der Waals surface area contributed by atoms with Crippen LogP contribution in [0.4, 0.5) is 0 Å². The van der Waals surface area contributed by atoms with Gasteiger partial charge in [0.1, 0.15) is 0 Å². The number of fused-ring (bicyclic) bond motifs is 3. The minimum Gasteiger partial charge on any atom is -1.00 e. The minimum absolute atomic E-state index is 0. The Morgan fingerprint density at radius 3 is 2.08 bits per heavy atom. The molecule has 1 aliphatic carbocycles. The Bertz CT molecular complexity index is 688. The van der Waals surface area contributed by atoms with Gasteiger partial charge in [0.15, 0.2) is 0 Å². The van der Waals surface area contributed by atoms with Crippen LogP contribution in [0.25, 0.3) is 11.1 Å². The van der Waals surface area contributed by atoms with Gasteiger partial charge >= 0.3 is 54.7 Å². The average Bonchev–Trinajstić information content (AvgIpc) is 3.32. The van der Waals surface area contributed by atoms with Crippen molar-refractivity contribution >= 4 is 5.43 Å². The zero-order chi connectivity index (χ0) is 17.2. The maximum atomic E-state index is 3.30. The van der Waals surface area contributed by atoms with Crippen LogP contribution in [0.15, 0.2) is 72.8 Å². The third kappa shape index (κ3) is 8.01. The minimum atomic E-state index is 0. The standard InChI is InChI=1S/C13H9.C5H5.C4H10Si.2ClH.Zr/c1-3-7-12-10(5-1)9-11-6-2-4-8-13(11)12;1-2-4-5-3-1;1-3-5-4-2;;;/h1-5,7-8H,9H2;1-5H;3-4H2,1-2H3;2*1H;/q2*-1;;;;+2/p-2. The maximum Gasteiger partial charge on any atom is -0.0253 e. The summed E-state index contributed by atoms with van der Waals surface area (Å²) in [6.07, 6.45) is 1.05. The number of halogens is 2. The van der Waals surface area contributed by atoms with Crippen molar-refractivity contribution in [2.24, 2.45) is 0 Å². The molecule has 3 aromatic rings. The molecule has 0 radical (unpaired) electrons. The predicted octanol–water partition coefficient (Wildman–Crippen LogP) is 0.0360. The molecule has 0 saturated heterocycles. The molecule has 0 atom stereocenters. The van der Waals surface area contributed by atoms with Gasteiger partial charge < -0.3 is 24.8 Å². The van der Waals surface area contributed by atoms with Crippen LogP contribution in [0.1, 0.15) is 25.0 Å². The summed E-state index contributed by atoms with van der Waals surface area (Å²) in [6.45, 7) is 4.60. The topological polar surface area (TPSA) is 0 Å². The van der Waals surface area contributed by atoms with E-state index >= 15 is 0 Å². The van der Waals surface area contributed by atoms with E-state index in [9.17, 15) is 0 Å².